The van der Waals surface area contributed by atoms with E-state index in [0.29, 0.717) is 11.1 Å². The minimum Gasteiger partial charge on any atom is -0.308 e. The zero-order valence-electron chi connectivity index (χ0n) is 11.7. The molecular formula is C17H13N3O2. The Balaban J connectivity index is 1.80. The molecule has 5 heteroatoms. The average Bonchev–Trinajstić information content (AvgIpc) is 2.89. The van der Waals surface area contributed by atoms with Crippen LogP contribution in [0.25, 0.3) is 5.57 Å². The molecule has 1 heterocycles. The van der Waals surface area contributed by atoms with Crippen LogP contribution in [-0.2, 0) is 16.0 Å². The van der Waals surface area contributed by atoms with Crippen molar-refractivity contribution >= 4 is 17.4 Å². The molecular weight excluding hydrogens is 278 g/mol. The van der Waals surface area contributed by atoms with Crippen LogP contribution in [0.5, 0.6) is 0 Å². The monoisotopic (exact) mass is 291 g/mol. The molecule has 3 rings (SSSR count). The van der Waals surface area contributed by atoms with Crippen molar-refractivity contribution in [1.29, 1.82) is 0 Å². The second-order valence-corrected chi connectivity index (χ2v) is 4.81. The van der Waals surface area contributed by atoms with Crippen LogP contribution in [0.1, 0.15) is 11.1 Å². The van der Waals surface area contributed by atoms with Gasteiger partial charge in [0.2, 0.25) is 5.91 Å². The molecule has 0 atom stereocenters. The van der Waals surface area contributed by atoms with Gasteiger partial charge in [0, 0.05) is 0 Å². The van der Waals surface area contributed by atoms with E-state index in [-0.39, 0.29) is 18.1 Å². The number of rotatable bonds is 4. The van der Waals surface area contributed by atoms with E-state index in [0.717, 1.165) is 5.56 Å². The molecule has 1 aliphatic rings. The van der Waals surface area contributed by atoms with E-state index in [1.165, 1.54) is 0 Å². The molecule has 22 heavy (non-hydrogen) atoms. The van der Waals surface area contributed by atoms with Gasteiger partial charge in [-0.25, -0.2) is 0 Å². The topological polar surface area (TPSA) is 70.9 Å². The molecule has 0 spiro atoms. The Morgan fingerprint density at radius 1 is 0.909 bits per heavy atom. The van der Waals surface area contributed by atoms with E-state index in [2.05, 4.69) is 15.5 Å². The summed E-state index contributed by atoms with van der Waals surface area (Å²) >= 11 is 0. The molecule has 2 amide bonds. The summed E-state index contributed by atoms with van der Waals surface area (Å²) in [6.07, 6.45) is 0.218. The average molecular weight is 291 g/mol. The Morgan fingerprint density at radius 3 is 2.23 bits per heavy atom. The lowest BCUT2D eigenvalue weighted by Gasteiger charge is -2.06. The minimum absolute atomic E-state index is 0.206. The summed E-state index contributed by atoms with van der Waals surface area (Å²) in [5, 5.41) is 9.98. The van der Waals surface area contributed by atoms with Crippen LogP contribution in [0.15, 0.2) is 76.7 Å². The van der Waals surface area contributed by atoms with Crippen LogP contribution in [0.2, 0.25) is 0 Å². The summed E-state index contributed by atoms with van der Waals surface area (Å²) < 4.78 is 0. The van der Waals surface area contributed by atoms with E-state index in [9.17, 15) is 9.59 Å². The first-order chi connectivity index (χ1) is 10.7. The van der Waals surface area contributed by atoms with E-state index in [1.54, 1.807) is 12.1 Å². The van der Waals surface area contributed by atoms with Crippen molar-refractivity contribution in [3.63, 3.8) is 0 Å². The molecule has 0 saturated carbocycles. The van der Waals surface area contributed by atoms with Crippen LogP contribution in [0.3, 0.4) is 0 Å². The van der Waals surface area contributed by atoms with E-state index in [1.807, 2.05) is 48.5 Å². The maximum absolute atomic E-state index is 12.1. The predicted octanol–water partition coefficient (Wildman–Crippen LogP) is 2.71. The Labute approximate surface area is 127 Å². The number of nitrogens with one attached hydrogen (secondary N) is 1. The molecule has 2 aromatic carbocycles. The van der Waals surface area contributed by atoms with Crippen molar-refractivity contribution < 1.29 is 9.59 Å². The molecule has 0 radical (unpaired) electrons. The first-order valence-electron chi connectivity index (χ1n) is 6.83. The summed E-state index contributed by atoms with van der Waals surface area (Å²) in [5.74, 6) is -0.471. The third kappa shape index (κ3) is 2.98. The second-order valence-electron chi connectivity index (χ2n) is 4.81. The van der Waals surface area contributed by atoms with Crippen LogP contribution in [0, 0.1) is 0 Å². The zero-order chi connectivity index (χ0) is 15.4. The molecule has 2 aromatic rings. The van der Waals surface area contributed by atoms with Gasteiger partial charge in [0.15, 0.2) is 5.82 Å². The third-order valence-corrected chi connectivity index (χ3v) is 3.22. The lowest BCUT2D eigenvalue weighted by Crippen LogP contribution is -2.24. The number of hydrogen-bond donors (Lipinski definition) is 1. The summed E-state index contributed by atoms with van der Waals surface area (Å²) in [7, 11) is 0. The summed E-state index contributed by atoms with van der Waals surface area (Å²) in [6.45, 7) is 0. The maximum atomic E-state index is 12.1. The van der Waals surface area contributed by atoms with Gasteiger partial charge in [-0.2, -0.15) is 0 Å². The molecule has 0 saturated heterocycles. The maximum Gasteiger partial charge on any atom is 0.299 e. The lowest BCUT2D eigenvalue weighted by molar-refractivity contribution is -0.119. The SMILES string of the molecule is O=C(Cc1ccccc1)NC1=C(c2ccccc2)C(=O)N=N1. The highest BCUT2D eigenvalue weighted by atomic mass is 16.2. The number of benzene rings is 2. The Hall–Kier alpha value is -3.08. The van der Waals surface area contributed by atoms with Gasteiger partial charge in [-0.05, 0) is 11.1 Å². The molecule has 0 bridgehead atoms. The fraction of sp³-hybridized carbons (Fsp3) is 0.0588. The fourth-order valence-electron chi connectivity index (χ4n) is 2.21. The number of carbonyl (C=O) groups is 2. The second kappa shape index (κ2) is 6.13. The van der Waals surface area contributed by atoms with Crippen molar-refractivity contribution in [2.75, 3.05) is 0 Å². The van der Waals surface area contributed by atoms with Crippen molar-refractivity contribution in [3.8, 4) is 0 Å². The fourth-order valence-corrected chi connectivity index (χ4v) is 2.21. The lowest BCUT2D eigenvalue weighted by atomic mass is 10.1. The van der Waals surface area contributed by atoms with Gasteiger partial charge in [-0.15, -0.1) is 10.2 Å². The van der Waals surface area contributed by atoms with Crippen LogP contribution in [0.4, 0.5) is 0 Å². The summed E-state index contributed by atoms with van der Waals surface area (Å²) in [4.78, 5) is 23.9. The first-order valence-corrected chi connectivity index (χ1v) is 6.83. The highest BCUT2D eigenvalue weighted by Gasteiger charge is 2.24. The van der Waals surface area contributed by atoms with Gasteiger partial charge in [-0.1, -0.05) is 60.7 Å². The van der Waals surface area contributed by atoms with Crippen LogP contribution < -0.4 is 5.32 Å². The molecule has 0 aromatic heterocycles. The van der Waals surface area contributed by atoms with Gasteiger partial charge >= 0.3 is 0 Å². The van der Waals surface area contributed by atoms with Gasteiger partial charge in [0.1, 0.15) is 0 Å². The Kier molecular flexibility index (Phi) is 3.87. The van der Waals surface area contributed by atoms with Crippen LogP contribution in [-0.4, -0.2) is 11.8 Å². The van der Waals surface area contributed by atoms with E-state index >= 15 is 0 Å². The predicted molar refractivity (Wildman–Crippen MR) is 81.5 cm³/mol. The first kappa shape index (κ1) is 13.9. The van der Waals surface area contributed by atoms with Gasteiger partial charge < -0.3 is 5.32 Å². The third-order valence-electron chi connectivity index (χ3n) is 3.22. The van der Waals surface area contributed by atoms with Crippen molar-refractivity contribution in [2.24, 2.45) is 10.2 Å². The van der Waals surface area contributed by atoms with E-state index in [4.69, 9.17) is 0 Å². The number of carbonyl (C=O) groups excluding carboxylic acids is 2. The highest BCUT2D eigenvalue weighted by Crippen LogP contribution is 2.25. The van der Waals surface area contributed by atoms with Gasteiger partial charge in [-0.3, -0.25) is 9.59 Å². The van der Waals surface area contributed by atoms with Crippen molar-refractivity contribution in [3.05, 3.63) is 77.6 Å². The number of hydrogen-bond acceptors (Lipinski definition) is 3. The molecule has 108 valence electrons. The quantitative estimate of drug-likeness (QED) is 0.940. The van der Waals surface area contributed by atoms with Crippen molar-refractivity contribution in [2.45, 2.75) is 6.42 Å². The Morgan fingerprint density at radius 2 is 1.55 bits per heavy atom. The standard InChI is InChI=1S/C17H13N3O2/c21-14(11-12-7-3-1-4-8-12)18-16-15(17(22)20-19-16)13-9-5-2-6-10-13/h1-10H,11H2,(H,18,21). The van der Waals surface area contributed by atoms with Crippen molar-refractivity contribution in [1.82, 2.24) is 5.32 Å². The van der Waals surface area contributed by atoms with Gasteiger partial charge in [0.05, 0.1) is 12.0 Å². The molecule has 1 N–H and O–H groups in total. The molecule has 1 aliphatic heterocycles. The Bertz CT molecular complexity index is 765. The van der Waals surface area contributed by atoms with Gasteiger partial charge in [0.25, 0.3) is 5.91 Å². The highest BCUT2D eigenvalue weighted by molar-refractivity contribution is 6.22. The smallest absolute Gasteiger partial charge is 0.299 e. The zero-order valence-corrected chi connectivity index (χ0v) is 11.7. The summed E-state index contributed by atoms with van der Waals surface area (Å²) in [5.41, 5.74) is 1.90. The number of amides is 2. The van der Waals surface area contributed by atoms with E-state index < -0.39 is 5.91 Å². The molecule has 0 fully saturated rings. The number of azo groups is 1. The number of nitrogens with zero attached hydrogens (tertiary/aromatic N) is 2. The minimum atomic E-state index is -0.443. The molecule has 0 unspecified atom stereocenters. The summed E-state index contributed by atoms with van der Waals surface area (Å²) in [6, 6.07) is 18.4. The molecule has 5 nitrogen and oxygen atoms in total. The largest absolute Gasteiger partial charge is 0.308 e. The molecule has 0 aliphatic carbocycles. The van der Waals surface area contributed by atoms with Crippen LogP contribution >= 0.6 is 0 Å². The normalized spacial score (nSPS) is 13.5.